The fourth-order valence-electron chi connectivity index (χ4n) is 3.83. The molecule has 2 amide bonds. The number of likely N-dealkylation sites (tertiary alicyclic amines) is 1. The van der Waals surface area contributed by atoms with E-state index in [4.69, 9.17) is 9.47 Å². The molecule has 0 aliphatic carbocycles. The van der Waals surface area contributed by atoms with Gasteiger partial charge in [-0.25, -0.2) is 4.79 Å². The summed E-state index contributed by atoms with van der Waals surface area (Å²) in [7, 11) is 1.62. The third-order valence-corrected chi connectivity index (χ3v) is 5.41. The molecule has 0 spiro atoms. The van der Waals surface area contributed by atoms with E-state index < -0.39 is 5.54 Å². The van der Waals surface area contributed by atoms with Gasteiger partial charge in [-0.05, 0) is 43.0 Å². The standard InChI is InChI=1S/C23H28N2O4/c1-23(17-24(18-26)15-19-9-11-21(28-2)12-10-19)13-6-14-25(23)22(27)29-16-20-7-4-3-5-8-20/h3-5,7-12,18H,6,13-17H2,1-2H3. The average Bonchev–Trinajstić information content (AvgIpc) is 3.14. The Morgan fingerprint density at radius 1 is 1.14 bits per heavy atom. The van der Waals surface area contributed by atoms with E-state index in [1.807, 2.05) is 61.5 Å². The average molecular weight is 396 g/mol. The molecule has 6 nitrogen and oxygen atoms in total. The van der Waals surface area contributed by atoms with Crippen molar-refractivity contribution in [3.63, 3.8) is 0 Å². The molecule has 3 rings (SSSR count). The smallest absolute Gasteiger partial charge is 0.410 e. The lowest BCUT2D eigenvalue weighted by molar-refractivity contribution is -0.120. The first-order valence-electron chi connectivity index (χ1n) is 9.85. The highest BCUT2D eigenvalue weighted by atomic mass is 16.6. The Balaban J connectivity index is 1.61. The van der Waals surface area contributed by atoms with Crippen molar-refractivity contribution >= 4 is 12.5 Å². The van der Waals surface area contributed by atoms with Gasteiger partial charge in [-0.3, -0.25) is 4.79 Å². The number of benzene rings is 2. The SMILES string of the molecule is COc1ccc(CN(C=O)CC2(C)CCCN2C(=O)OCc2ccccc2)cc1. The second kappa shape index (κ2) is 9.45. The Hall–Kier alpha value is -3.02. The van der Waals surface area contributed by atoms with Crippen molar-refractivity contribution < 1.29 is 19.1 Å². The van der Waals surface area contributed by atoms with Gasteiger partial charge in [-0.15, -0.1) is 0 Å². The lowest BCUT2D eigenvalue weighted by Crippen LogP contribution is -2.52. The summed E-state index contributed by atoms with van der Waals surface area (Å²) in [5, 5.41) is 0. The Bertz CT molecular complexity index is 809. The fraction of sp³-hybridized carbons (Fsp3) is 0.391. The topological polar surface area (TPSA) is 59.1 Å². The maximum Gasteiger partial charge on any atom is 0.410 e. The van der Waals surface area contributed by atoms with E-state index in [9.17, 15) is 9.59 Å². The highest BCUT2D eigenvalue weighted by Gasteiger charge is 2.41. The molecule has 154 valence electrons. The molecule has 2 aromatic rings. The minimum Gasteiger partial charge on any atom is -0.497 e. The summed E-state index contributed by atoms with van der Waals surface area (Å²) in [4.78, 5) is 27.9. The van der Waals surface area contributed by atoms with Crippen LogP contribution >= 0.6 is 0 Å². The van der Waals surface area contributed by atoms with Gasteiger partial charge in [0.2, 0.25) is 6.41 Å². The van der Waals surface area contributed by atoms with Crippen molar-refractivity contribution in [2.45, 2.75) is 38.5 Å². The molecule has 1 aliphatic heterocycles. The van der Waals surface area contributed by atoms with Crippen LogP contribution in [0.5, 0.6) is 5.75 Å². The van der Waals surface area contributed by atoms with Crippen LogP contribution in [-0.2, 0) is 22.7 Å². The summed E-state index contributed by atoms with van der Waals surface area (Å²) in [6.07, 6.45) is 2.25. The van der Waals surface area contributed by atoms with Gasteiger partial charge in [0.15, 0.2) is 0 Å². The minimum absolute atomic E-state index is 0.246. The first-order chi connectivity index (χ1) is 14.0. The predicted octanol–water partition coefficient (Wildman–Crippen LogP) is 3.84. The van der Waals surface area contributed by atoms with Crippen LogP contribution < -0.4 is 4.74 Å². The highest BCUT2D eigenvalue weighted by Crippen LogP contribution is 2.31. The van der Waals surface area contributed by atoms with Gasteiger partial charge in [-0.2, -0.15) is 0 Å². The normalized spacial score (nSPS) is 18.3. The molecule has 0 aromatic heterocycles. The van der Waals surface area contributed by atoms with Crippen LogP contribution in [0.1, 0.15) is 30.9 Å². The fourth-order valence-corrected chi connectivity index (χ4v) is 3.83. The van der Waals surface area contributed by atoms with E-state index in [2.05, 4.69) is 0 Å². The first-order valence-corrected chi connectivity index (χ1v) is 9.85. The lowest BCUT2D eigenvalue weighted by atomic mass is 9.98. The maximum atomic E-state index is 12.7. The first kappa shape index (κ1) is 20.7. The summed E-state index contributed by atoms with van der Waals surface area (Å²) in [5.74, 6) is 0.779. The van der Waals surface area contributed by atoms with Crippen LogP contribution in [0, 0.1) is 0 Å². The van der Waals surface area contributed by atoms with E-state index in [1.165, 1.54) is 0 Å². The molecule has 0 saturated carbocycles. The molecular weight excluding hydrogens is 368 g/mol. The van der Waals surface area contributed by atoms with Gasteiger partial charge in [0.1, 0.15) is 12.4 Å². The van der Waals surface area contributed by atoms with Crippen molar-refractivity contribution in [3.8, 4) is 5.75 Å². The van der Waals surface area contributed by atoms with Crippen molar-refractivity contribution in [1.29, 1.82) is 0 Å². The molecule has 0 N–H and O–H groups in total. The van der Waals surface area contributed by atoms with E-state index in [0.717, 1.165) is 36.1 Å². The third kappa shape index (κ3) is 5.28. The van der Waals surface area contributed by atoms with Crippen LogP contribution in [-0.4, -0.2) is 48.0 Å². The predicted molar refractivity (Wildman–Crippen MR) is 110 cm³/mol. The Morgan fingerprint density at radius 2 is 1.86 bits per heavy atom. The molecular formula is C23H28N2O4. The molecule has 6 heteroatoms. The summed E-state index contributed by atoms with van der Waals surface area (Å²) in [5.41, 5.74) is 1.52. The summed E-state index contributed by atoms with van der Waals surface area (Å²) in [6, 6.07) is 17.3. The lowest BCUT2D eigenvalue weighted by Gasteiger charge is -2.37. The van der Waals surface area contributed by atoms with E-state index in [1.54, 1.807) is 16.9 Å². The largest absolute Gasteiger partial charge is 0.497 e. The van der Waals surface area contributed by atoms with Gasteiger partial charge >= 0.3 is 6.09 Å². The number of rotatable bonds is 8. The van der Waals surface area contributed by atoms with E-state index >= 15 is 0 Å². The number of amides is 2. The second-order valence-electron chi connectivity index (χ2n) is 7.65. The van der Waals surface area contributed by atoms with Crippen molar-refractivity contribution in [2.24, 2.45) is 0 Å². The number of nitrogens with zero attached hydrogens (tertiary/aromatic N) is 2. The summed E-state index contributed by atoms with van der Waals surface area (Å²) in [6.45, 7) is 3.85. The number of hydrogen-bond donors (Lipinski definition) is 0. The zero-order valence-electron chi connectivity index (χ0n) is 17.0. The molecule has 29 heavy (non-hydrogen) atoms. The molecule has 1 unspecified atom stereocenters. The Kier molecular flexibility index (Phi) is 6.75. The third-order valence-electron chi connectivity index (χ3n) is 5.41. The quantitative estimate of drug-likeness (QED) is 0.636. The van der Waals surface area contributed by atoms with Crippen molar-refractivity contribution in [2.75, 3.05) is 20.2 Å². The van der Waals surface area contributed by atoms with Crippen LogP contribution in [0.2, 0.25) is 0 Å². The van der Waals surface area contributed by atoms with Crippen LogP contribution in [0.3, 0.4) is 0 Å². The Labute approximate surface area is 172 Å². The Morgan fingerprint density at radius 3 is 2.52 bits per heavy atom. The maximum absolute atomic E-state index is 12.7. The summed E-state index contributed by atoms with van der Waals surface area (Å²) >= 11 is 0. The monoisotopic (exact) mass is 396 g/mol. The zero-order valence-corrected chi connectivity index (χ0v) is 17.0. The number of hydrogen-bond acceptors (Lipinski definition) is 4. The molecule has 0 radical (unpaired) electrons. The molecule has 0 bridgehead atoms. The van der Waals surface area contributed by atoms with Crippen molar-refractivity contribution in [3.05, 3.63) is 65.7 Å². The van der Waals surface area contributed by atoms with Gasteiger partial charge in [0.05, 0.1) is 12.6 Å². The van der Waals surface area contributed by atoms with Crippen LogP contribution in [0.4, 0.5) is 4.79 Å². The number of carbonyl (C=O) groups excluding carboxylic acids is 2. The van der Waals surface area contributed by atoms with Crippen LogP contribution in [0.15, 0.2) is 54.6 Å². The van der Waals surface area contributed by atoms with Gasteiger partial charge in [0.25, 0.3) is 0 Å². The number of methoxy groups -OCH3 is 1. The van der Waals surface area contributed by atoms with Gasteiger partial charge in [0, 0.05) is 19.6 Å². The molecule has 1 fully saturated rings. The summed E-state index contributed by atoms with van der Waals surface area (Å²) < 4.78 is 10.7. The molecule has 1 atom stereocenters. The zero-order chi connectivity index (χ0) is 20.7. The molecule has 1 aliphatic rings. The number of ether oxygens (including phenoxy) is 2. The van der Waals surface area contributed by atoms with Gasteiger partial charge in [-0.1, -0.05) is 42.5 Å². The number of carbonyl (C=O) groups is 2. The second-order valence-corrected chi connectivity index (χ2v) is 7.65. The molecule has 2 aromatic carbocycles. The molecule has 1 heterocycles. The van der Waals surface area contributed by atoms with Gasteiger partial charge < -0.3 is 19.3 Å². The van der Waals surface area contributed by atoms with E-state index in [-0.39, 0.29) is 12.7 Å². The minimum atomic E-state index is -0.443. The molecule has 1 saturated heterocycles. The van der Waals surface area contributed by atoms with E-state index in [0.29, 0.717) is 19.6 Å². The highest BCUT2D eigenvalue weighted by molar-refractivity contribution is 5.69. The van der Waals surface area contributed by atoms with Crippen molar-refractivity contribution in [1.82, 2.24) is 9.80 Å². The van der Waals surface area contributed by atoms with Crippen LogP contribution in [0.25, 0.3) is 0 Å².